The molecule has 0 unspecified atom stereocenters. The number of aryl methyl sites for hydroxylation is 1. The van der Waals surface area contributed by atoms with E-state index in [1.807, 2.05) is 6.07 Å². The fourth-order valence-electron chi connectivity index (χ4n) is 3.09. The maximum absolute atomic E-state index is 12.5. The van der Waals surface area contributed by atoms with E-state index in [4.69, 9.17) is 21.1 Å². The quantitative estimate of drug-likeness (QED) is 0.767. The van der Waals surface area contributed by atoms with Crippen molar-refractivity contribution in [1.82, 2.24) is 9.78 Å². The number of halogens is 1. The van der Waals surface area contributed by atoms with Crippen LogP contribution in [0.5, 0.6) is 0 Å². The number of methoxy groups -OCH3 is 1. The summed E-state index contributed by atoms with van der Waals surface area (Å²) in [7, 11) is 1.31. The van der Waals surface area contributed by atoms with Gasteiger partial charge < -0.3 is 19.7 Å². The second-order valence-electron chi connectivity index (χ2n) is 6.51. The minimum absolute atomic E-state index is 0.00871. The number of benzene rings is 1. The van der Waals surface area contributed by atoms with Crippen LogP contribution in [0.2, 0.25) is 5.02 Å². The molecule has 8 nitrogen and oxygen atoms in total. The average molecular weight is 407 g/mol. The molecule has 3 rings (SSSR count). The van der Waals surface area contributed by atoms with Gasteiger partial charge in [-0.3, -0.25) is 9.48 Å². The highest BCUT2D eigenvalue weighted by atomic mass is 35.5. The molecule has 0 aliphatic carbocycles. The molecule has 1 aromatic heterocycles. The Kier molecular flexibility index (Phi) is 6.21. The number of hydrogen-bond donors (Lipinski definition) is 1. The van der Waals surface area contributed by atoms with E-state index < -0.39 is 5.97 Å². The Bertz CT molecular complexity index is 890. The van der Waals surface area contributed by atoms with Crippen LogP contribution < -0.4 is 10.2 Å². The van der Waals surface area contributed by atoms with Gasteiger partial charge in [0, 0.05) is 18.8 Å². The first kappa shape index (κ1) is 20.2. The summed E-state index contributed by atoms with van der Waals surface area (Å²) in [5.74, 6) is -0.828. The fraction of sp³-hybridized carbons (Fsp3) is 0.421. The molecule has 2 heterocycles. The van der Waals surface area contributed by atoms with Crippen LogP contribution >= 0.6 is 11.6 Å². The summed E-state index contributed by atoms with van der Waals surface area (Å²) in [4.78, 5) is 26.9. The smallest absolute Gasteiger partial charge is 0.340 e. The molecule has 1 aromatic carbocycles. The van der Waals surface area contributed by atoms with Crippen molar-refractivity contribution in [1.29, 1.82) is 0 Å². The Balaban J connectivity index is 1.80. The highest BCUT2D eigenvalue weighted by Crippen LogP contribution is 2.25. The number of nitrogens with zero attached hydrogens (tertiary/aromatic N) is 3. The van der Waals surface area contributed by atoms with Gasteiger partial charge in [-0.1, -0.05) is 11.6 Å². The molecule has 28 heavy (non-hydrogen) atoms. The number of ether oxygens (including phenoxy) is 2. The topological polar surface area (TPSA) is 85.7 Å². The van der Waals surface area contributed by atoms with Crippen LogP contribution in [0.15, 0.2) is 18.2 Å². The standard InChI is InChI=1S/C19H23ClN4O4/c1-12-18(20)13(2)24(22-12)11-17(25)21-16-5-4-14(10-15(16)19(26)27-3)23-6-8-28-9-7-23/h4-5,10H,6-9,11H2,1-3H3,(H,21,25). The Morgan fingerprint density at radius 2 is 2.00 bits per heavy atom. The van der Waals surface area contributed by atoms with Crippen molar-refractivity contribution >= 4 is 34.9 Å². The number of aromatic nitrogens is 2. The van der Waals surface area contributed by atoms with E-state index in [9.17, 15) is 9.59 Å². The fourth-order valence-corrected chi connectivity index (χ4v) is 3.23. The summed E-state index contributed by atoms with van der Waals surface area (Å²) in [5.41, 5.74) is 2.95. The third-order valence-corrected chi connectivity index (χ3v) is 5.19. The van der Waals surface area contributed by atoms with Crippen molar-refractivity contribution < 1.29 is 19.1 Å². The lowest BCUT2D eigenvalue weighted by Gasteiger charge is -2.29. The molecule has 0 bridgehead atoms. The zero-order valence-electron chi connectivity index (χ0n) is 16.1. The number of anilines is 2. The summed E-state index contributed by atoms with van der Waals surface area (Å²) in [6, 6.07) is 5.31. The largest absolute Gasteiger partial charge is 0.465 e. The highest BCUT2D eigenvalue weighted by molar-refractivity contribution is 6.31. The maximum Gasteiger partial charge on any atom is 0.340 e. The summed E-state index contributed by atoms with van der Waals surface area (Å²) in [6.45, 7) is 6.33. The third-order valence-electron chi connectivity index (χ3n) is 4.65. The predicted molar refractivity (Wildman–Crippen MR) is 106 cm³/mol. The molecule has 1 fully saturated rings. The van der Waals surface area contributed by atoms with Crippen molar-refractivity contribution in [3.05, 3.63) is 40.2 Å². The number of amides is 1. The molecule has 1 amide bonds. The first-order chi connectivity index (χ1) is 13.4. The summed E-state index contributed by atoms with van der Waals surface area (Å²) in [6.07, 6.45) is 0. The van der Waals surface area contributed by atoms with E-state index in [1.54, 1.807) is 26.0 Å². The SMILES string of the molecule is COC(=O)c1cc(N2CCOCC2)ccc1NC(=O)Cn1nc(C)c(Cl)c1C. The molecule has 0 radical (unpaired) electrons. The normalized spacial score (nSPS) is 14.1. The van der Waals surface area contributed by atoms with Crippen LogP contribution in [0.4, 0.5) is 11.4 Å². The number of carbonyl (C=O) groups is 2. The zero-order chi connectivity index (χ0) is 20.3. The average Bonchev–Trinajstić information content (AvgIpc) is 2.94. The number of esters is 1. The van der Waals surface area contributed by atoms with Gasteiger partial charge in [0.05, 0.1) is 48.0 Å². The molecule has 1 saturated heterocycles. The van der Waals surface area contributed by atoms with E-state index >= 15 is 0 Å². The third kappa shape index (κ3) is 4.28. The lowest BCUT2D eigenvalue weighted by molar-refractivity contribution is -0.116. The molecule has 9 heteroatoms. The molecule has 1 aliphatic rings. The molecule has 1 N–H and O–H groups in total. The van der Waals surface area contributed by atoms with Gasteiger partial charge in [0.1, 0.15) is 6.54 Å². The minimum atomic E-state index is -0.514. The van der Waals surface area contributed by atoms with Gasteiger partial charge in [0.2, 0.25) is 5.91 Å². The van der Waals surface area contributed by atoms with Gasteiger partial charge in [-0.25, -0.2) is 4.79 Å². The van der Waals surface area contributed by atoms with E-state index in [0.29, 0.717) is 40.9 Å². The lowest BCUT2D eigenvalue weighted by Crippen LogP contribution is -2.36. The Morgan fingerprint density at radius 3 is 2.61 bits per heavy atom. The maximum atomic E-state index is 12.5. The molecule has 1 aliphatic heterocycles. The number of nitrogens with one attached hydrogen (secondary N) is 1. The number of rotatable bonds is 5. The molecular formula is C19H23ClN4O4. The van der Waals surface area contributed by atoms with Gasteiger partial charge in [0.25, 0.3) is 0 Å². The zero-order valence-corrected chi connectivity index (χ0v) is 16.9. The molecule has 0 spiro atoms. The van der Waals surface area contributed by atoms with E-state index in [1.165, 1.54) is 11.8 Å². The van der Waals surface area contributed by atoms with Crippen LogP contribution in [0.3, 0.4) is 0 Å². The summed E-state index contributed by atoms with van der Waals surface area (Å²) < 4.78 is 11.8. The number of hydrogen-bond acceptors (Lipinski definition) is 6. The second kappa shape index (κ2) is 8.62. The van der Waals surface area contributed by atoms with Gasteiger partial charge in [-0.2, -0.15) is 5.10 Å². The number of morpholine rings is 1. The van der Waals surface area contributed by atoms with Gasteiger partial charge in [-0.05, 0) is 32.0 Å². The number of carbonyl (C=O) groups excluding carboxylic acids is 2. The van der Waals surface area contributed by atoms with Gasteiger partial charge >= 0.3 is 5.97 Å². The van der Waals surface area contributed by atoms with Crippen LogP contribution in [-0.2, 0) is 20.8 Å². The Labute approximate surface area is 168 Å². The predicted octanol–water partition coefficient (Wildman–Crippen LogP) is 2.42. The lowest BCUT2D eigenvalue weighted by atomic mass is 10.1. The van der Waals surface area contributed by atoms with Crippen LogP contribution in [0, 0.1) is 13.8 Å². The van der Waals surface area contributed by atoms with Crippen LogP contribution in [-0.4, -0.2) is 55.1 Å². The molecule has 150 valence electrons. The van der Waals surface area contributed by atoms with Crippen molar-refractivity contribution in [2.45, 2.75) is 20.4 Å². The Morgan fingerprint density at radius 1 is 1.29 bits per heavy atom. The van der Waals surface area contributed by atoms with Crippen molar-refractivity contribution in [2.75, 3.05) is 43.6 Å². The molecular weight excluding hydrogens is 384 g/mol. The van der Waals surface area contributed by atoms with Crippen LogP contribution in [0.1, 0.15) is 21.7 Å². The van der Waals surface area contributed by atoms with Crippen LogP contribution in [0.25, 0.3) is 0 Å². The van der Waals surface area contributed by atoms with E-state index in [-0.39, 0.29) is 12.5 Å². The van der Waals surface area contributed by atoms with Crippen molar-refractivity contribution in [3.63, 3.8) is 0 Å². The molecule has 2 aromatic rings. The van der Waals surface area contributed by atoms with Gasteiger partial charge in [0.15, 0.2) is 0 Å². The first-order valence-corrected chi connectivity index (χ1v) is 9.33. The second-order valence-corrected chi connectivity index (χ2v) is 6.89. The van der Waals surface area contributed by atoms with E-state index in [2.05, 4.69) is 15.3 Å². The van der Waals surface area contributed by atoms with Gasteiger partial charge in [-0.15, -0.1) is 0 Å². The molecule has 0 saturated carbocycles. The molecule has 0 atom stereocenters. The van der Waals surface area contributed by atoms with E-state index in [0.717, 1.165) is 18.8 Å². The minimum Gasteiger partial charge on any atom is -0.465 e. The summed E-state index contributed by atoms with van der Waals surface area (Å²) in [5, 5.41) is 7.57. The Hall–Kier alpha value is -2.58. The van der Waals surface area contributed by atoms with Crippen molar-refractivity contribution in [3.8, 4) is 0 Å². The summed E-state index contributed by atoms with van der Waals surface area (Å²) >= 11 is 6.13. The highest BCUT2D eigenvalue weighted by Gasteiger charge is 2.19. The monoisotopic (exact) mass is 406 g/mol. The first-order valence-electron chi connectivity index (χ1n) is 8.95. The van der Waals surface area contributed by atoms with Crippen molar-refractivity contribution in [2.24, 2.45) is 0 Å².